The van der Waals surface area contributed by atoms with Gasteiger partial charge in [-0.3, -0.25) is 0 Å². The van der Waals surface area contributed by atoms with E-state index in [4.69, 9.17) is 11.6 Å². The van der Waals surface area contributed by atoms with Crippen LogP contribution in [0.15, 0.2) is 30.7 Å². The summed E-state index contributed by atoms with van der Waals surface area (Å²) in [6, 6.07) is 3.92. The van der Waals surface area contributed by atoms with E-state index < -0.39 is 0 Å². The Bertz CT molecular complexity index is 765. The van der Waals surface area contributed by atoms with Crippen LogP contribution >= 0.6 is 11.6 Å². The number of nitrogens with one attached hydrogen (secondary N) is 1. The van der Waals surface area contributed by atoms with Gasteiger partial charge in [0.2, 0.25) is 0 Å². The van der Waals surface area contributed by atoms with E-state index in [-0.39, 0.29) is 0 Å². The minimum Gasteiger partial charge on any atom is -0.380 e. The first-order chi connectivity index (χ1) is 9.61. The van der Waals surface area contributed by atoms with Gasteiger partial charge in [0.05, 0.1) is 17.6 Å². The molecule has 0 aliphatic heterocycles. The third-order valence-corrected chi connectivity index (χ3v) is 3.40. The standard InChI is InChI=1S/C14H14ClN5/c1-9-3-12(7-18-14(9)15)16-5-11-6-17-13-4-10(2)19-20(13)8-11/h3-4,6-8,16H,5H2,1-2H3. The van der Waals surface area contributed by atoms with Crippen molar-refractivity contribution in [2.24, 2.45) is 0 Å². The second kappa shape index (κ2) is 5.09. The van der Waals surface area contributed by atoms with Gasteiger partial charge in [-0.1, -0.05) is 11.6 Å². The Morgan fingerprint density at radius 2 is 2.05 bits per heavy atom. The third kappa shape index (κ3) is 2.58. The molecular formula is C14H14ClN5. The van der Waals surface area contributed by atoms with Crippen LogP contribution in [0.25, 0.3) is 5.65 Å². The second-order valence-electron chi connectivity index (χ2n) is 4.74. The molecule has 0 aliphatic carbocycles. The first-order valence-electron chi connectivity index (χ1n) is 6.29. The molecular weight excluding hydrogens is 274 g/mol. The highest BCUT2D eigenvalue weighted by atomic mass is 35.5. The Kier molecular flexibility index (Phi) is 3.28. The van der Waals surface area contributed by atoms with Crippen LogP contribution < -0.4 is 5.32 Å². The molecule has 102 valence electrons. The van der Waals surface area contributed by atoms with Crippen LogP contribution in [0.1, 0.15) is 16.8 Å². The molecule has 0 saturated carbocycles. The molecule has 3 heterocycles. The van der Waals surface area contributed by atoms with Crippen LogP contribution in [0.4, 0.5) is 5.69 Å². The van der Waals surface area contributed by atoms with Crippen molar-refractivity contribution in [2.75, 3.05) is 5.32 Å². The number of hydrogen-bond donors (Lipinski definition) is 1. The van der Waals surface area contributed by atoms with Crippen LogP contribution in [-0.2, 0) is 6.54 Å². The predicted molar refractivity (Wildman–Crippen MR) is 79.0 cm³/mol. The predicted octanol–water partition coefficient (Wildman–Crippen LogP) is 3.01. The van der Waals surface area contributed by atoms with Crippen LogP contribution in [0.5, 0.6) is 0 Å². The lowest BCUT2D eigenvalue weighted by molar-refractivity contribution is 0.895. The van der Waals surface area contributed by atoms with Crippen molar-refractivity contribution in [2.45, 2.75) is 20.4 Å². The minimum atomic E-state index is 0.533. The van der Waals surface area contributed by atoms with Crippen molar-refractivity contribution in [1.29, 1.82) is 0 Å². The molecule has 5 nitrogen and oxygen atoms in total. The zero-order valence-electron chi connectivity index (χ0n) is 11.3. The summed E-state index contributed by atoms with van der Waals surface area (Å²) in [5, 5.41) is 8.18. The molecule has 3 aromatic rings. The molecule has 0 unspecified atom stereocenters. The molecule has 0 aliphatic rings. The molecule has 6 heteroatoms. The number of hydrogen-bond acceptors (Lipinski definition) is 4. The van der Waals surface area contributed by atoms with E-state index >= 15 is 0 Å². The minimum absolute atomic E-state index is 0.533. The molecule has 0 amide bonds. The smallest absolute Gasteiger partial charge is 0.155 e. The monoisotopic (exact) mass is 287 g/mol. The van der Waals surface area contributed by atoms with Gasteiger partial charge < -0.3 is 5.32 Å². The van der Waals surface area contributed by atoms with Gasteiger partial charge in [-0.25, -0.2) is 14.5 Å². The lowest BCUT2D eigenvalue weighted by atomic mass is 10.3. The van der Waals surface area contributed by atoms with Gasteiger partial charge >= 0.3 is 0 Å². The summed E-state index contributed by atoms with van der Waals surface area (Å²) in [4.78, 5) is 8.48. The molecule has 3 rings (SSSR count). The number of fused-ring (bicyclic) bond motifs is 1. The van der Waals surface area contributed by atoms with E-state index in [1.165, 1.54) is 0 Å². The topological polar surface area (TPSA) is 55.1 Å². The average Bonchev–Trinajstić information content (AvgIpc) is 2.79. The van der Waals surface area contributed by atoms with Crippen molar-refractivity contribution in [1.82, 2.24) is 19.6 Å². The summed E-state index contributed by atoms with van der Waals surface area (Å²) < 4.78 is 1.79. The zero-order valence-corrected chi connectivity index (χ0v) is 12.0. The van der Waals surface area contributed by atoms with Crippen LogP contribution in [0, 0.1) is 13.8 Å². The Hall–Kier alpha value is -2.14. The van der Waals surface area contributed by atoms with Crippen molar-refractivity contribution in [3.8, 4) is 0 Å². The lowest BCUT2D eigenvalue weighted by Crippen LogP contribution is -2.03. The molecule has 0 fully saturated rings. The third-order valence-electron chi connectivity index (χ3n) is 3.00. The number of aryl methyl sites for hydroxylation is 2. The summed E-state index contributed by atoms with van der Waals surface area (Å²) in [6.07, 6.45) is 5.54. The molecule has 1 N–H and O–H groups in total. The van der Waals surface area contributed by atoms with Gasteiger partial charge in [0, 0.05) is 30.6 Å². The van der Waals surface area contributed by atoms with Gasteiger partial charge in [0.15, 0.2) is 5.65 Å². The van der Waals surface area contributed by atoms with Gasteiger partial charge in [-0.15, -0.1) is 0 Å². The summed E-state index contributed by atoms with van der Waals surface area (Å²) in [5.74, 6) is 0. The quantitative estimate of drug-likeness (QED) is 0.753. The highest BCUT2D eigenvalue weighted by Crippen LogP contribution is 2.16. The van der Waals surface area contributed by atoms with Gasteiger partial charge in [0.25, 0.3) is 0 Å². The number of aromatic nitrogens is 4. The summed E-state index contributed by atoms with van der Waals surface area (Å²) in [6.45, 7) is 4.54. The Morgan fingerprint density at radius 1 is 1.20 bits per heavy atom. The molecule has 20 heavy (non-hydrogen) atoms. The van der Waals surface area contributed by atoms with Gasteiger partial charge in [0.1, 0.15) is 5.15 Å². The largest absolute Gasteiger partial charge is 0.380 e. The fraction of sp³-hybridized carbons (Fsp3) is 0.214. The Labute approximate surface area is 121 Å². The van der Waals surface area contributed by atoms with Crippen molar-refractivity contribution in [3.63, 3.8) is 0 Å². The maximum absolute atomic E-state index is 5.90. The summed E-state index contributed by atoms with van der Waals surface area (Å²) >= 11 is 5.90. The molecule has 0 radical (unpaired) electrons. The van der Waals surface area contributed by atoms with Gasteiger partial charge in [-0.05, 0) is 25.5 Å². The molecule has 0 spiro atoms. The van der Waals surface area contributed by atoms with E-state index in [2.05, 4.69) is 20.4 Å². The Balaban J connectivity index is 1.77. The highest BCUT2D eigenvalue weighted by Gasteiger charge is 2.02. The van der Waals surface area contributed by atoms with E-state index in [0.717, 1.165) is 28.2 Å². The normalized spacial score (nSPS) is 10.9. The first-order valence-corrected chi connectivity index (χ1v) is 6.66. The number of anilines is 1. The van der Waals surface area contributed by atoms with Crippen LogP contribution in [-0.4, -0.2) is 19.6 Å². The fourth-order valence-corrected chi connectivity index (χ4v) is 2.09. The fourth-order valence-electron chi connectivity index (χ4n) is 1.98. The van der Waals surface area contributed by atoms with E-state index in [0.29, 0.717) is 11.7 Å². The molecule has 0 atom stereocenters. The molecule has 0 aromatic carbocycles. The van der Waals surface area contributed by atoms with E-state index in [9.17, 15) is 0 Å². The number of nitrogens with zero attached hydrogens (tertiary/aromatic N) is 4. The zero-order chi connectivity index (χ0) is 14.1. The first kappa shape index (κ1) is 12.9. The number of rotatable bonds is 3. The molecule has 3 aromatic heterocycles. The lowest BCUT2D eigenvalue weighted by Gasteiger charge is -2.07. The van der Waals surface area contributed by atoms with Crippen molar-refractivity contribution in [3.05, 3.63) is 52.7 Å². The number of pyridine rings is 1. The van der Waals surface area contributed by atoms with E-state index in [1.807, 2.05) is 38.4 Å². The van der Waals surface area contributed by atoms with Crippen LogP contribution in [0.3, 0.4) is 0 Å². The highest BCUT2D eigenvalue weighted by molar-refractivity contribution is 6.30. The maximum atomic E-state index is 5.90. The summed E-state index contributed by atoms with van der Waals surface area (Å²) in [5.41, 5.74) is 4.75. The average molecular weight is 288 g/mol. The molecule has 0 bridgehead atoms. The maximum Gasteiger partial charge on any atom is 0.155 e. The Morgan fingerprint density at radius 3 is 2.85 bits per heavy atom. The number of halogens is 1. The SMILES string of the molecule is Cc1cc2ncc(CNc3cnc(Cl)c(C)c3)cn2n1. The van der Waals surface area contributed by atoms with Crippen molar-refractivity contribution < 1.29 is 0 Å². The summed E-state index contributed by atoms with van der Waals surface area (Å²) in [7, 11) is 0. The molecule has 0 saturated heterocycles. The van der Waals surface area contributed by atoms with Crippen LogP contribution in [0.2, 0.25) is 5.15 Å². The van der Waals surface area contributed by atoms with Crippen molar-refractivity contribution >= 4 is 22.9 Å². The second-order valence-corrected chi connectivity index (χ2v) is 5.09. The van der Waals surface area contributed by atoms with E-state index in [1.54, 1.807) is 10.7 Å². The van der Waals surface area contributed by atoms with Gasteiger partial charge in [-0.2, -0.15) is 5.10 Å².